The van der Waals surface area contributed by atoms with E-state index in [4.69, 9.17) is 0 Å². The summed E-state index contributed by atoms with van der Waals surface area (Å²) in [6.07, 6.45) is 5.03. The second-order valence-corrected chi connectivity index (χ2v) is 5.03. The molecule has 0 spiro atoms. The van der Waals surface area contributed by atoms with Gasteiger partial charge in [0.15, 0.2) is 0 Å². The molecule has 17 heavy (non-hydrogen) atoms. The first-order chi connectivity index (χ1) is 8.22. The molecule has 1 aliphatic rings. The number of hydrogen-bond donors (Lipinski definition) is 1. The third-order valence-electron chi connectivity index (χ3n) is 3.79. The minimum Gasteiger partial charge on any atom is -0.311 e. The van der Waals surface area contributed by atoms with Crippen LogP contribution in [0.2, 0.25) is 0 Å². The van der Waals surface area contributed by atoms with Crippen molar-refractivity contribution in [3.05, 3.63) is 30.1 Å². The van der Waals surface area contributed by atoms with Crippen LogP contribution < -0.4 is 5.32 Å². The van der Waals surface area contributed by atoms with Crippen molar-refractivity contribution in [1.29, 1.82) is 0 Å². The van der Waals surface area contributed by atoms with E-state index in [-0.39, 0.29) is 0 Å². The Morgan fingerprint density at radius 2 is 2.41 bits per heavy atom. The summed E-state index contributed by atoms with van der Waals surface area (Å²) >= 11 is 0. The SMILES string of the molecule is CCC1CNC(C)CN1C(C)c1cccnc1. The first kappa shape index (κ1) is 12.5. The molecular weight excluding hydrogens is 210 g/mol. The normalized spacial score (nSPS) is 27.9. The van der Waals surface area contributed by atoms with Gasteiger partial charge in [-0.1, -0.05) is 13.0 Å². The van der Waals surface area contributed by atoms with Crippen molar-refractivity contribution < 1.29 is 0 Å². The van der Waals surface area contributed by atoms with Gasteiger partial charge in [0.2, 0.25) is 0 Å². The molecule has 0 aliphatic carbocycles. The molecule has 1 aliphatic heterocycles. The molecule has 0 aromatic carbocycles. The van der Waals surface area contributed by atoms with E-state index >= 15 is 0 Å². The number of nitrogens with one attached hydrogen (secondary N) is 1. The lowest BCUT2D eigenvalue weighted by Gasteiger charge is -2.42. The number of hydrogen-bond acceptors (Lipinski definition) is 3. The number of piperazine rings is 1. The third kappa shape index (κ3) is 2.85. The van der Waals surface area contributed by atoms with Crippen molar-refractivity contribution in [2.24, 2.45) is 0 Å². The van der Waals surface area contributed by atoms with Gasteiger partial charge in [-0.15, -0.1) is 0 Å². The maximum Gasteiger partial charge on any atom is 0.0339 e. The van der Waals surface area contributed by atoms with Crippen molar-refractivity contribution in [1.82, 2.24) is 15.2 Å². The largest absolute Gasteiger partial charge is 0.311 e. The van der Waals surface area contributed by atoms with Gasteiger partial charge in [-0.3, -0.25) is 9.88 Å². The van der Waals surface area contributed by atoms with Gasteiger partial charge < -0.3 is 5.32 Å². The molecule has 1 N–H and O–H groups in total. The van der Waals surface area contributed by atoms with Gasteiger partial charge >= 0.3 is 0 Å². The molecule has 0 amide bonds. The summed E-state index contributed by atoms with van der Waals surface area (Å²) in [6.45, 7) is 9.04. The predicted octanol–water partition coefficient (Wildman–Crippen LogP) is 2.21. The highest BCUT2D eigenvalue weighted by atomic mass is 15.2. The van der Waals surface area contributed by atoms with E-state index < -0.39 is 0 Å². The second kappa shape index (κ2) is 5.61. The van der Waals surface area contributed by atoms with E-state index in [0.717, 1.165) is 13.1 Å². The summed E-state index contributed by atoms with van der Waals surface area (Å²) in [4.78, 5) is 6.84. The van der Waals surface area contributed by atoms with Gasteiger partial charge in [-0.05, 0) is 31.9 Å². The zero-order chi connectivity index (χ0) is 12.3. The van der Waals surface area contributed by atoms with E-state index in [2.05, 4.69) is 42.0 Å². The molecule has 0 radical (unpaired) electrons. The van der Waals surface area contributed by atoms with Crippen LogP contribution in [0.15, 0.2) is 24.5 Å². The molecule has 3 unspecified atom stereocenters. The molecule has 1 fully saturated rings. The molecule has 1 aromatic rings. The van der Waals surface area contributed by atoms with Crippen molar-refractivity contribution in [2.75, 3.05) is 13.1 Å². The van der Waals surface area contributed by atoms with Gasteiger partial charge in [-0.25, -0.2) is 0 Å². The standard InChI is InChI=1S/C14H23N3/c1-4-14-9-16-11(2)10-17(14)12(3)13-6-5-7-15-8-13/h5-8,11-12,14,16H,4,9-10H2,1-3H3. The molecule has 94 valence electrons. The predicted molar refractivity (Wildman–Crippen MR) is 70.9 cm³/mol. The van der Waals surface area contributed by atoms with E-state index in [0.29, 0.717) is 18.1 Å². The van der Waals surface area contributed by atoms with Crippen LogP contribution in [0.1, 0.15) is 38.8 Å². The quantitative estimate of drug-likeness (QED) is 0.867. The summed E-state index contributed by atoms with van der Waals surface area (Å²) < 4.78 is 0. The first-order valence-electron chi connectivity index (χ1n) is 6.61. The van der Waals surface area contributed by atoms with Gasteiger partial charge in [0.1, 0.15) is 0 Å². The van der Waals surface area contributed by atoms with Crippen molar-refractivity contribution in [3.8, 4) is 0 Å². The molecule has 3 atom stereocenters. The fourth-order valence-electron chi connectivity index (χ4n) is 2.65. The van der Waals surface area contributed by atoms with Crippen LogP contribution in [0.3, 0.4) is 0 Å². The Morgan fingerprint density at radius 3 is 3.06 bits per heavy atom. The van der Waals surface area contributed by atoms with E-state index in [1.165, 1.54) is 12.0 Å². The maximum atomic E-state index is 4.23. The van der Waals surface area contributed by atoms with Gasteiger partial charge in [0, 0.05) is 43.6 Å². The minimum atomic E-state index is 0.457. The molecule has 0 bridgehead atoms. The van der Waals surface area contributed by atoms with Crippen LogP contribution >= 0.6 is 0 Å². The Balaban J connectivity index is 2.13. The molecule has 1 saturated heterocycles. The Morgan fingerprint density at radius 1 is 1.59 bits per heavy atom. The summed E-state index contributed by atoms with van der Waals surface area (Å²) in [6, 6.07) is 5.88. The molecular formula is C14H23N3. The van der Waals surface area contributed by atoms with Crippen molar-refractivity contribution in [2.45, 2.75) is 45.3 Å². The van der Waals surface area contributed by atoms with E-state index in [1.54, 1.807) is 0 Å². The molecule has 3 nitrogen and oxygen atoms in total. The topological polar surface area (TPSA) is 28.2 Å². The number of aromatic nitrogens is 1. The Kier molecular flexibility index (Phi) is 4.13. The zero-order valence-electron chi connectivity index (χ0n) is 11.1. The van der Waals surface area contributed by atoms with Crippen LogP contribution in [-0.2, 0) is 0 Å². The van der Waals surface area contributed by atoms with E-state index in [1.807, 2.05) is 18.5 Å². The highest BCUT2D eigenvalue weighted by Crippen LogP contribution is 2.24. The summed E-state index contributed by atoms with van der Waals surface area (Å²) in [5.41, 5.74) is 1.32. The minimum absolute atomic E-state index is 0.457. The van der Waals surface area contributed by atoms with Crippen LogP contribution in [-0.4, -0.2) is 35.1 Å². The fraction of sp³-hybridized carbons (Fsp3) is 0.643. The number of pyridine rings is 1. The molecule has 2 rings (SSSR count). The third-order valence-corrected chi connectivity index (χ3v) is 3.79. The lowest BCUT2D eigenvalue weighted by atomic mass is 10.0. The highest BCUT2D eigenvalue weighted by molar-refractivity contribution is 5.14. The summed E-state index contributed by atoms with van der Waals surface area (Å²) in [5, 5.41) is 3.56. The fourth-order valence-corrected chi connectivity index (χ4v) is 2.65. The van der Waals surface area contributed by atoms with Crippen molar-refractivity contribution in [3.63, 3.8) is 0 Å². The molecule has 1 aromatic heterocycles. The zero-order valence-corrected chi connectivity index (χ0v) is 11.1. The van der Waals surface area contributed by atoms with Gasteiger partial charge in [0.25, 0.3) is 0 Å². The van der Waals surface area contributed by atoms with Crippen LogP contribution in [0.5, 0.6) is 0 Å². The average Bonchev–Trinajstić information content (AvgIpc) is 2.39. The van der Waals surface area contributed by atoms with E-state index in [9.17, 15) is 0 Å². The maximum absolute atomic E-state index is 4.23. The lowest BCUT2D eigenvalue weighted by molar-refractivity contribution is 0.0903. The van der Waals surface area contributed by atoms with Crippen LogP contribution in [0.25, 0.3) is 0 Å². The first-order valence-corrected chi connectivity index (χ1v) is 6.61. The summed E-state index contributed by atoms with van der Waals surface area (Å²) in [5.74, 6) is 0. The average molecular weight is 233 g/mol. The Bertz CT molecular complexity index is 339. The van der Waals surface area contributed by atoms with Crippen LogP contribution in [0, 0.1) is 0 Å². The monoisotopic (exact) mass is 233 g/mol. The van der Waals surface area contributed by atoms with Gasteiger partial charge in [-0.2, -0.15) is 0 Å². The lowest BCUT2D eigenvalue weighted by Crippen LogP contribution is -2.55. The Labute approximate surface area is 104 Å². The van der Waals surface area contributed by atoms with Crippen LogP contribution in [0.4, 0.5) is 0 Å². The van der Waals surface area contributed by atoms with Gasteiger partial charge in [0.05, 0.1) is 0 Å². The molecule has 0 saturated carbocycles. The van der Waals surface area contributed by atoms with Crippen molar-refractivity contribution >= 4 is 0 Å². The number of rotatable bonds is 3. The number of nitrogens with zero attached hydrogens (tertiary/aromatic N) is 2. The highest BCUT2D eigenvalue weighted by Gasteiger charge is 2.28. The smallest absolute Gasteiger partial charge is 0.0339 e. The summed E-state index contributed by atoms with van der Waals surface area (Å²) in [7, 11) is 0. The molecule has 3 heteroatoms. The second-order valence-electron chi connectivity index (χ2n) is 5.03. The Hall–Kier alpha value is -0.930. The molecule has 2 heterocycles.